The molecule has 2 bridgehead atoms. The van der Waals surface area contributed by atoms with Gasteiger partial charge in [-0.2, -0.15) is 0 Å². The van der Waals surface area contributed by atoms with Gasteiger partial charge in [0.1, 0.15) is 12.0 Å². The second-order valence-electron chi connectivity index (χ2n) is 4.29. The molecule has 18 heavy (non-hydrogen) atoms. The van der Waals surface area contributed by atoms with Crippen molar-refractivity contribution in [3.8, 4) is 0 Å². The van der Waals surface area contributed by atoms with E-state index in [1.165, 1.54) is 13.2 Å². The van der Waals surface area contributed by atoms with Gasteiger partial charge in [-0.05, 0) is 0 Å². The molecular formula is C11H8O7. The third kappa shape index (κ3) is 1.18. The van der Waals surface area contributed by atoms with Crippen molar-refractivity contribution in [3.05, 3.63) is 11.6 Å². The van der Waals surface area contributed by atoms with Crippen molar-refractivity contribution in [1.82, 2.24) is 0 Å². The van der Waals surface area contributed by atoms with Gasteiger partial charge < -0.3 is 14.2 Å². The fourth-order valence-electron chi connectivity index (χ4n) is 2.65. The van der Waals surface area contributed by atoms with E-state index in [0.717, 1.165) is 0 Å². The number of hydrogen-bond donors (Lipinski definition) is 0. The lowest BCUT2D eigenvalue weighted by Crippen LogP contribution is -2.52. The summed E-state index contributed by atoms with van der Waals surface area (Å²) in [5.41, 5.74) is 0.0926. The van der Waals surface area contributed by atoms with Crippen molar-refractivity contribution < 1.29 is 33.4 Å². The van der Waals surface area contributed by atoms with E-state index in [1.807, 2.05) is 0 Å². The van der Waals surface area contributed by atoms with Crippen molar-refractivity contribution in [2.45, 2.75) is 6.10 Å². The molecule has 0 amide bonds. The minimum absolute atomic E-state index is 0.0926. The zero-order chi connectivity index (χ0) is 13.0. The first-order valence-corrected chi connectivity index (χ1v) is 5.30. The standard InChI is InChI=1S/C11H8O7/c1-16-8(12)4-2-3-5-6(7(4)17-9(3)13)11(15)18-10(5)14/h2-3,5-7H,1H3/t3-,5+,6-,7+/m0/s1. The molecule has 4 aliphatic rings. The molecular weight excluding hydrogens is 244 g/mol. The van der Waals surface area contributed by atoms with E-state index in [2.05, 4.69) is 9.47 Å². The Morgan fingerprint density at radius 3 is 2.50 bits per heavy atom. The first-order valence-electron chi connectivity index (χ1n) is 5.30. The number of ether oxygens (including phenoxy) is 3. The second-order valence-corrected chi connectivity index (χ2v) is 4.29. The predicted molar refractivity (Wildman–Crippen MR) is 51.5 cm³/mol. The quantitative estimate of drug-likeness (QED) is 0.334. The van der Waals surface area contributed by atoms with Crippen molar-refractivity contribution >= 4 is 23.9 Å². The molecule has 2 fully saturated rings. The molecule has 2 saturated heterocycles. The molecule has 7 heteroatoms. The number of hydrogen-bond acceptors (Lipinski definition) is 7. The number of fused-ring (bicyclic) bond motifs is 1. The van der Waals surface area contributed by atoms with Crippen LogP contribution in [0.25, 0.3) is 0 Å². The van der Waals surface area contributed by atoms with Gasteiger partial charge in [0.15, 0.2) is 0 Å². The van der Waals surface area contributed by atoms with Gasteiger partial charge in [-0.15, -0.1) is 0 Å². The Kier molecular flexibility index (Phi) is 2.07. The monoisotopic (exact) mass is 252 g/mol. The summed E-state index contributed by atoms with van der Waals surface area (Å²) in [6.07, 6.45) is 0.252. The van der Waals surface area contributed by atoms with Crippen LogP contribution >= 0.6 is 0 Å². The molecule has 0 spiro atoms. The fraction of sp³-hybridized carbons (Fsp3) is 0.455. The Labute approximate surface area is 101 Å². The highest BCUT2D eigenvalue weighted by atomic mass is 16.6. The first kappa shape index (κ1) is 10.9. The first-order chi connectivity index (χ1) is 8.54. The Morgan fingerprint density at radius 2 is 1.83 bits per heavy atom. The lowest BCUT2D eigenvalue weighted by Gasteiger charge is -2.38. The van der Waals surface area contributed by atoms with E-state index in [1.54, 1.807) is 0 Å². The SMILES string of the molecule is COC(=O)C1=C[C@@H]2C(=O)O[C@H]1[C@H]1C(=O)OC(=O)[C@@H]12. The van der Waals surface area contributed by atoms with Crippen LogP contribution in [0.1, 0.15) is 0 Å². The maximum absolute atomic E-state index is 11.6. The average molecular weight is 252 g/mol. The zero-order valence-corrected chi connectivity index (χ0v) is 9.24. The lowest BCUT2D eigenvalue weighted by molar-refractivity contribution is -0.171. The number of rotatable bonds is 1. The van der Waals surface area contributed by atoms with E-state index >= 15 is 0 Å². The molecule has 0 aromatic carbocycles. The summed E-state index contributed by atoms with van der Waals surface area (Å²) in [6, 6.07) is 0. The van der Waals surface area contributed by atoms with Crippen molar-refractivity contribution in [2.24, 2.45) is 17.8 Å². The summed E-state index contributed by atoms with van der Waals surface area (Å²) in [7, 11) is 1.18. The molecule has 0 unspecified atom stereocenters. The van der Waals surface area contributed by atoms with E-state index < -0.39 is 47.7 Å². The van der Waals surface area contributed by atoms with Gasteiger partial charge >= 0.3 is 23.9 Å². The minimum atomic E-state index is -1.08. The van der Waals surface area contributed by atoms with Gasteiger partial charge in [0.25, 0.3) is 0 Å². The lowest BCUT2D eigenvalue weighted by atomic mass is 9.70. The second kappa shape index (κ2) is 3.41. The Bertz CT molecular complexity index is 517. The maximum Gasteiger partial charge on any atom is 0.337 e. The van der Waals surface area contributed by atoms with Crippen LogP contribution in [-0.4, -0.2) is 37.1 Å². The molecule has 0 N–H and O–H groups in total. The minimum Gasteiger partial charge on any atom is -0.466 e. The summed E-state index contributed by atoms with van der Waals surface area (Å²) in [4.78, 5) is 46.2. The van der Waals surface area contributed by atoms with Gasteiger partial charge in [0.05, 0.1) is 24.5 Å². The molecule has 0 aromatic rings. The molecule has 1 aliphatic carbocycles. The molecule has 3 heterocycles. The summed E-state index contributed by atoms with van der Waals surface area (Å²) >= 11 is 0. The van der Waals surface area contributed by atoms with Gasteiger partial charge in [-0.25, -0.2) is 4.79 Å². The average Bonchev–Trinajstić information content (AvgIpc) is 2.66. The van der Waals surface area contributed by atoms with E-state index in [0.29, 0.717) is 0 Å². The van der Waals surface area contributed by atoms with Crippen molar-refractivity contribution in [2.75, 3.05) is 7.11 Å². The summed E-state index contributed by atoms with van der Waals surface area (Å²) in [5, 5.41) is 0. The fourth-order valence-corrected chi connectivity index (χ4v) is 2.65. The zero-order valence-electron chi connectivity index (χ0n) is 9.24. The van der Waals surface area contributed by atoms with Crippen LogP contribution in [0.2, 0.25) is 0 Å². The number of esters is 4. The van der Waals surface area contributed by atoms with Crippen LogP contribution in [0.4, 0.5) is 0 Å². The van der Waals surface area contributed by atoms with Crippen LogP contribution in [0.3, 0.4) is 0 Å². The van der Waals surface area contributed by atoms with Crippen LogP contribution in [-0.2, 0) is 33.4 Å². The van der Waals surface area contributed by atoms with Crippen LogP contribution in [0.15, 0.2) is 11.6 Å². The highest BCUT2D eigenvalue weighted by molar-refractivity contribution is 6.04. The van der Waals surface area contributed by atoms with Gasteiger partial charge in [-0.1, -0.05) is 6.08 Å². The molecule has 0 aromatic heterocycles. The van der Waals surface area contributed by atoms with Gasteiger partial charge in [-0.3, -0.25) is 14.4 Å². The molecule has 3 aliphatic heterocycles. The normalized spacial score (nSPS) is 36.7. The Morgan fingerprint density at radius 1 is 1.17 bits per heavy atom. The van der Waals surface area contributed by atoms with Crippen LogP contribution in [0.5, 0.6) is 0 Å². The number of carbonyl (C=O) groups is 4. The summed E-state index contributed by atoms with van der Waals surface area (Å²) < 4.78 is 14.0. The van der Waals surface area contributed by atoms with Crippen molar-refractivity contribution in [1.29, 1.82) is 0 Å². The van der Waals surface area contributed by atoms with E-state index in [4.69, 9.17) is 4.74 Å². The highest BCUT2D eigenvalue weighted by Gasteiger charge is 2.63. The Hall–Kier alpha value is -2.18. The third-order valence-electron chi connectivity index (χ3n) is 3.45. The maximum atomic E-state index is 11.6. The van der Waals surface area contributed by atoms with E-state index in [-0.39, 0.29) is 5.57 Å². The molecule has 0 saturated carbocycles. The molecule has 7 nitrogen and oxygen atoms in total. The number of carbonyl (C=O) groups excluding carboxylic acids is 4. The van der Waals surface area contributed by atoms with Crippen molar-refractivity contribution in [3.63, 3.8) is 0 Å². The van der Waals surface area contributed by atoms with Crippen LogP contribution in [0, 0.1) is 17.8 Å². The van der Waals surface area contributed by atoms with Crippen LogP contribution < -0.4 is 0 Å². The topological polar surface area (TPSA) is 96.0 Å². The predicted octanol–water partition coefficient (Wildman–Crippen LogP) is -1.04. The summed E-state index contributed by atoms with van der Waals surface area (Å²) in [5.74, 6) is -5.56. The third-order valence-corrected chi connectivity index (χ3v) is 3.45. The smallest absolute Gasteiger partial charge is 0.337 e. The molecule has 4 atom stereocenters. The molecule has 0 radical (unpaired) electrons. The Balaban J connectivity index is 2.08. The number of cyclic esters (lactones) is 2. The van der Waals surface area contributed by atoms with Gasteiger partial charge in [0.2, 0.25) is 0 Å². The molecule has 4 rings (SSSR count). The summed E-state index contributed by atoms with van der Waals surface area (Å²) in [6.45, 7) is 0. The number of methoxy groups -OCH3 is 1. The molecule has 94 valence electrons. The highest BCUT2D eigenvalue weighted by Crippen LogP contribution is 2.46. The largest absolute Gasteiger partial charge is 0.466 e. The van der Waals surface area contributed by atoms with E-state index in [9.17, 15) is 19.2 Å². The van der Waals surface area contributed by atoms with Gasteiger partial charge in [0, 0.05) is 0 Å².